The lowest BCUT2D eigenvalue weighted by atomic mass is 10.1. The molecule has 0 bridgehead atoms. The molecule has 1 aromatic rings. The van der Waals surface area contributed by atoms with Crippen LogP contribution in [0.3, 0.4) is 0 Å². The van der Waals surface area contributed by atoms with Crippen molar-refractivity contribution in [3.63, 3.8) is 0 Å². The Morgan fingerprint density at radius 2 is 1.91 bits per heavy atom. The Bertz CT molecular complexity index is 545. The monoisotopic (exact) mass is 318 g/mol. The second-order valence-electron chi connectivity index (χ2n) is 4.79. The second-order valence-corrected chi connectivity index (χ2v) is 4.79. The van der Waals surface area contributed by atoms with Crippen molar-refractivity contribution in [3.8, 4) is 0 Å². The summed E-state index contributed by atoms with van der Waals surface area (Å²) >= 11 is 0. The molecule has 0 saturated heterocycles. The highest BCUT2D eigenvalue weighted by molar-refractivity contribution is 5.95. The van der Waals surface area contributed by atoms with E-state index in [0.29, 0.717) is 25.8 Å². The van der Waals surface area contributed by atoms with Crippen LogP contribution in [0.1, 0.15) is 47.4 Å². The van der Waals surface area contributed by atoms with Gasteiger partial charge in [0.15, 0.2) is 0 Å². The van der Waals surface area contributed by atoms with Crippen LogP contribution in [0.4, 0.5) is 13.2 Å². The van der Waals surface area contributed by atoms with E-state index in [1.807, 2.05) is 0 Å². The Kier molecular flexibility index (Phi) is 6.33. The largest absolute Gasteiger partial charge is 0.481 e. The van der Waals surface area contributed by atoms with Crippen LogP contribution in [-0.2, 0) is 11.0 Å². The molecule has 5 nitrogen and oxygen atoms in total. The van der Waals surface area contributed by atoms with Gasteiger partial charge in [0.2, 0.25) is 0 Å². The fourth-order valence-electron chi connectivity index (χ4n) is 1.83. The van der Waals surface area contributed by atoms with Crippen LogP contribution < -0.4 is 5.32 Å². The molecule has 0 saturated carbocycles. The molecule has 1 heterocycles. The van der Waals surface area contributed by atoms with Crippen LogP contribution in [0.5, 0.6) is 0 Å². The summed E-state index contributed by atoms with van der Waals surface area (Å²) in [5, 5.41) is 11.0. The minimum Gasteiger partial charge on any atom is -0.481 e. The van der Waals surface area contributed by atoms with Gasteiger partial charge in [-0.05, 0) is 31.9 Å². The summed E-state index contributed by atoms with van der Waals surface area (Å²) in [6, 6.07) is 1.87. The van der Waals surface area contributed by atoms with Gasteiger partial charge in [0.1, 0.15) is 5.69 Å². The predicted molar refractivity (Wildman–Crippen MR) is 72.4 cm³/mol. The number of hydrogen-bond acceptors (Lipinski definition) is 3. The number of carboxylic acids is 1. The van der Waals surface area contributed by atoms with Gasteiger partial charge in [-0.25, -0.2) is 4.98 Å². The van der Waals surface area contributed by atoms with E-state index in [2.05, 4.69) is 10.3 Å². The van der Waals surface area contributed by atoms with Crippen molar-refractivity contribution < 1.29 is 27.9 Å². The molecule has 0 unspecified atom stereocenters. The quantitative estimate of drug-likeness (QED) is 0.758. The Balaban J connectivity index is 2.48. The van der Waals surface area contributed by atoms with E-state index < -0.39 is 23.7 Å². The van der Waals surface area contributed by atoms with Crippen LogP contribution in [0, 0.1) is 6.92 Å². The number of carbonyl (C=O) groups excluding carboxylic acids is 1. The topological polar surface area (TPSA) is 79.3 Å². The van der Waals surface area contributed by atoms with Gasteiger partial charge in [0, 0.05) is 13.0 Å². The maximum absolute atomic E-state index is 12.5. The lowest BCUT2D eigenvalue weighted by Crippen LogP contribution is -2.26. The third-order valence-corrected chi connectivity index (χ3v) is 2.97. The normalized spacial score (nSPS) is 11.3. The molecule has 0 aliphatic heterocycles. The van der Waals surface area contributed by atoms with Gasteiger partial charge in [0.05, 0.1) is 11.3 Å². The van der Waals surface area contributed by atoms with Crippen LogP contribution in [0.2, 0.25) is 0 Å². The van der Waals surface area contributed by atoms with Gasteiger partial charge in [-0.2, -0.15) is 13.2 Å². The lowest BCUT2D eigenvalue weighted by molar-refractivity contribution is -0.141. The number of carboxylic acid groups (broad SMARTS) is 1. The van der Waals surface area contributed by atoms with E-state index in [1.54, 1.807) is 0 Å². The van der Waals surface area contributed by atoms with E-state index in [-0.39, 0.29) is 17.7 Å². The number of alkyl halides is 3. The van der Waals surface area contributed by atoms with Crippen LogP contribution in [0.25, 0.3) is 0 Å². The first kappa shape index (κ1) is 17.9. The highest BCUT2D eigenvalue weighted by Gasteiger charge is 2.32. The van der Waals surface area contributed by atoms with Gasteiger partial charge in [-0.1, -0.05) is 6.42 Å². The number of nitrogens with one attached hydrogen (secondary N) is 1. The molecule has 0 radical (unpaired) electrons. The molecule has 0 spiro atoms. The number of aryl methyl sites for hydroxylation is 1. The van der Waals surface area contributed by atoms with Crippen LogP contribution in [0.15, 0.2) is 12.1 Å². The number of amides is 1. The van der Waals surface area contributed by atoms with Crippen molar-refractivity contribution >= 4 is 11.9 Å². The minimum atomic E-state index is -4.54. The predicted octanol–water partition coefficient (Wildman–Crippen LogP) is 2.78. The number of aliphatic carboxylic acids is 1. The number of rotatable bonds is 7. The van der Waals surface area contributed by atoms with Crippen molar-refractivity contribution in [2.45, 2.75) is 38.8 Å². The average Bonchev–Trinajstić information content (AvgIpc) is 2.40. The molecule has 0 atom stereocenters. The van der Waals surface area contributed by atoms with E-state index in [9.17, 15) is 22.8 Å². The molecule has 0 fully saturated rings. The molecule has 122 valence electrons. The fourth-order valence-corrected chi connectivity index (χ4v) is 1.83. The number of aromatic nitrogens is 1. The molecule has 1 rings (SSSR count). The summed E-state index contributed by atoms with van der Waals surface area (Å²) in [5.41, 5.74) is -0.924. The van der Waals surface area contributed by atoms with Gasteiger partial charge < -0.3 is 10.4 Å². The Labute approximate surface area is 125 Å². The minimum absolute atomic E-state index is 0.0122. The molecule has 0 aliphatic carbocycles. The molecule has 2 N–H and O–H groups in total. The van der Waals surface area contributed by atoms with E-state index in [4.69, 9.17) is 5.11 Å². The summed E-state index contributed by atoms with van der Waals surface area (Å²) in [5.74, 6) is -1.35. The van der Waals surface area contributed by atoms with Gasteiger partial charge in [-0.15, -0.1) is 0 Å². The first-order valence-electron chi connectivity index (χ1n) is 6.76. The molecule has 8 heteroatoms. The number of unbranched alkanes of at least 4 members (excludes halogenated alkanes) is 2. The molecular weight excluding hydrogens is 301 g/mol. The average molecular weight is 318 g/mol. The number of halogens is 3. The highest BCUT2D eigenvalue weighted by Crippen LogP contribution is 2.28. The first-order valence-corrected chi connectivity index (χ1v) is 6.76. The van der Waals surface area contributed by atoms with Gasteiger partial charge in [0.25, 0.3) is 5.91 Å². The Morgan fingerprint density at radius 1 is 1.23 bits per heavy atom. The van der Waals surface area contributed by atoms with Gasteiger partial charge in [-0.3, -0.25) is 9.59 Å². The van der Waals surface area contributed by atoms with Crippen molar-refractivity contribution in [1.82, 2.24) is 10.3 Å². The zero-order valence-corrected chi connectivity index (χ0v) is 12.0. The summed E-state index contributed by atoms with van der Waals surface area (Å²) in [6.07, 6.45) is -2.69. The van der Waals surface area contributed by atoms with Crippen LogP contribution in [-0.4, -0.2) is 28.5 Å². The molecule has 22 heavy (non-hydrogen) atoms. The summed E-state index contributed by atoms with van der Waals surface area (Å²) in [7, 11) is 0. The summed E-state index contributed by atoms with van der Waals surface area (Å²) in [4.78, 5) is 25.5. The second kappa shape index (κ2) is 7.77. The molecule has 1 amide bonds. The lowest BCUT2D eigenvalue weighted by Gasteiger charge is -2.10. The van der Waals surface area contributed by atoms with E-state index in [1.165, 1.54) is 6.92 Å². The maximum atomic E-state index is 12.5. The number of hydrogen-bond donors (Lipinski definition) is 2. The number of nitrogens with zero attached hydrogens (tertiary/aromatic N) is 1. The standard InChI is InChI=1S/C14H17F3N2O3/c1-9-10(6-7-11(19-9)14(15,16)17)13(22)18-8-4-2-3-5-12(20)21/h6-7H,2-5,8H2,1H3,(H,18,22)(H,20,21). The number of carbonyl (C=O) groups is 2. The zero-order chi connectivity index (χ0) is 16.8. The van der Waals surface area contributed by atoms with Gasteiger partial charge >= 0.3 is 12.1 Å². The van der Waals surface area contributed by atoms with Crippen molar-refractivity contribution in [2.24, 2.45) is 0 Å². The van der Waals surface area contributed by atoms with Crippen LogP contribution >= 0.6 is 0 Å². The maximum Gasteiger partial charge on any atom is 0.433 e. The highest BCUT2D eigenvalue weighted by atomic mass is 19.4. The van der Waals surface area contributed by atoms with Crippen molar-refractivity contribution in [1.29, 1.82) is 0 Å². The third-order valence-electron chi connectivity index (χ3n) is 2.97. The summed E-state index contributed by atoms with van der Waals surface area (Å²) in [6.45, 7) is 1.68. The van der Waals surface area contributed by atoms with E-state index >= 15 is 0 Å². The van der Waals surface area contributed by atoms with Crippen molar-refractivity contribution in [3.05, 3.63) is 29.1 Å². The Morgan fingerprint density at radius 3 is 2.45 bits per heavy atom. The van der Waals surface area contributed by atoms with Crippen molar-refractivity contribution in [2.75, 3.05) is 6.54 Å². The molecule has 0 aromatic carbocycles. The summed E-state index contributed by atoms with van der Waals surface area (Å²) < 4.78 is 37.4. The SMILES string of the molecule is Cc1nc(C(F)(F)F)ccc1C(=O)NCCCCCC(=O)O. The molecule has 0 aliphatic rings. The molecule has 1 aromatic heterocycles. The Hall–Kier alpha value is -2.12. The smallest absolute Gasteiger partial charge is 0.433 e. The fraction of sp³-hybridized carbons (Fsp3) is 0.500. The number of pyridine rings is 1. The first-order chi connectivity index (χ1) is 10.2. The van der Waals surface area contributed by atoms with E-state index in [0.717, 1.165) is 12.1 Å². The third kappa shape index (κ3) is 5.71. The zero-order valence-electron chi connectivity index (χ0n) is 12.0. The molecular formula is C14H17F3N2O3.